The lowest BCUT2D eigenvalue weighted by atomic mass is 10.0. The molecule has 78 valence electrons. The number of benzene rings is 1. The molecule has 0 aliphatic carbocycles. The molecule has 0 amide bonds. The number of hydrogen-bond donors (Lipinski definition) is 1. The maximum Gasteiger partial charge on any atom is 0.0587 e. The molecular weight excluding hydrogens is 174 g/mol. The maximum atomic E-state index is 4.98. The van der Waals surface area contributed by atoms with Gasteiger partial charge in [0, 0.05) is 20.2 Å². The molecule has 0 bridgehead atoms. The van der Waals surface area contributed by atoms with E-state index in [0.29, 0.717) is 0 Å². The van der Waals surface area contributed by atoms with Crippen molar-refractivity contribution >= 4 is 0 Å². The Morgan fingerprint density at radius 2 is 1.86 bits per heavy atom. The lowest BCUT2D eigenvalue weighted by Gasteiger charge is -2.10. The largest absolute Gasteiger partial charge is 0.383 e. The lowest BCUT2D eigenvalue weighted by molar-refractivity contribution is 0.199. The van der Waals surface area contributed by atoms with Crippen molar-refractivity contribution in [3.63, 3.8) is 0 Å². The average molecular weight is 193 g/mol. The molecule has 0 saturated carbocycles. The van der Waals surface area contributed by atoms with Gasteiger partial charge in [-0.2, -0.15) is 0 Å². The van der Waals surface area contributed by atoms with Crippen LogP contribution in [0.3, 0.4) is 0 Å². The Morgan fingerprint density at radius 3 is 2.43 bits per heavy atom. The minimum absolute atomic E-state index is 0.769. The monoisotopic (exact) mass is 193 g/mol. The fourth-order valence-electron chi connectivity index (χ4n) is 1.52. The molecule has 1 N–H and O–H groups in total. The van der Waals surface area contributed by atoms with Gasteiger partial charge in [0.25, 0.3) is 0 Å². The summed E-state index contributed by atoms with van der Waals surface area (Å²) in [6, 6.07) is 6.41. The summed E-state index contributed by atoms with van der Waals surface area (Å²) in [5.41, 5.74) is 4.12. The molecule has 0 saturated heterocycles. The predicted octanol–water partition coefficient (Wildman–Crippen LogP) is 2.04. The van der Waals surface area contributed by atoms with Crippen LogP contribution in [0.1, 0.15) is 16.7 Å². The third-order valence-corrected chi connectivity index (χ3v) is 2.43. The SMILES string of the molecule is COCCNCc1c(C)cccc1C. The van der Waals surface area contributed by atoms with Crippen molar-refractivity contribution in [2.75, 3.05) is 20.3 Å². The molecule has 0 unspecified atom stereocenters. The van der Waals surface area contributed by atoms with Crippen molar-refractivity contribution < 1.29 is 4.74 Å². The van der Waals surface area contributed by atoms with E-state index in [9.17, 15) is 0 Å². The highest BCUT2D eigenvalue weighted by atomic mass is 16.5. The first-order valence-corrected chi connectivity index (χ1v) is 5.00. The minimum Gasteiger partial charge on any atom is -0.383 e. The molecule has 2 heteroatoms. The highest BCUT2D eigenvalue weighted by molar-refractivity contribution is 5.33. The Labute approximate surface area is 86.3 Å². The molecule has 2 nitrogen and oxygen atoms in total. The summed E-state index contributed by atoms with van der Waals surface area (Å²) < 4.78 is 4.98. The second kappa shape index (κ2) is 5.78. The van der Waals surface area contributed by atoms with Gasteiger partial charge in [-0.1, -0.05) is 18.2 Å². The van der Waals surface area contributed by atoms with Crippen LogP contribution in [-0.4, -0.2) is 20.3 Å². The second-order valence-electron chi connectivity index (χ2n) is 3.54. The van der Waals surface area contributed by atoms with Crippen LogP contribution in [-0.2, 0) is 11.3 Å². The van der Waals surface area contributed by atoms with E-state index in [-0.39, 0.29) is 0 Å². The van der Waals surface area contributed by atoms with Gasteiger partial charge in [0.05, 0.1) is 6.61 Å². The molecule has 0 aliphatic heterocycles. The van der Waals surface area contributed by atoms with Crippen LogP contribution in [0.15, 0.2) is 18.2 Å². The van der Waals surface area contributed by atoms with E-state index in [2.05, 4.69) is 37.4 Å². The zero-order valence-corrected chi connectivity index (χ0v) is 9.26. The fraction of sp³-hybridized carbons (Fsp3) is 0.500. The van der Waals surface area contributed by atoms with Crippen molar-refractivity contribution in [3.05, 3.63) is 34.9 Å². The van der Waals surface area contributed by atoms with Crippen LogP contribution in [0.4, 0.5) is 0 Å². The molecule has 0 atom stereocenters. The van der Waals surface area contributed by atoms with E-state index in [1.165, 1.54) is 16.7 Å². The Bertz CT molecular complexity index is 263. The molecule has 14 heavy (non-hydrogen) atoms. The van der Waals surface area contributed by atoms with Crippen LogP contribution >= 0.6 is 0 Å². The normalized spacial score (nSPS) is 10.5. The van der Waals surface area contributed by atoms with Crippen LogP contribution in [0.25, 0.3) is 0 Å². The first-order chi connectivity index (χ1) is 6.75. The van der Waals surface area contributed by atoms with Crippen molar-refractivity contribution in [2.24, 2.45) is 0 Å². The van der Waals surface area contributed by atoms with Crippen LogP contribution in [0, 0.1) is 13.8 Å². The number of hydrogen-bond acceptors (Lipinski definition) is 2. The predicted molar refractivity (Wildman–Crippen MR) is 59.5 cm³/mol. The number of methoxy groups -OCH3 is 1. The van der Waals surface area contributed by atoms with E-state index >= 15 is 0 Å². The van der Waals surface area contributed by atoms with Gasteiger partial charge in [-0.25, -0.2) is 0 Å². The molecule has 1 rings (SSSR count). The standard InChI is InChI=1S/C12H19NO/c1-10-5-4-6-11(2)12(10)9-13-7-8-14-3/h4-6,13H,7-9H2,1-3H3. The van der Waals surface area contributed by atoms with Gasteiger partial charge in [0.15, 0.2) is 0 Å². The summed E-state index contributed by atoms with van der Waals surface area (Å²) in [4.78, 5) is 0. The number of nitrogens with one attached hydrogen (secondary N) is 1. The van der Waals surface area contributed by atoms with Gasteiger partial charge in [0.2, 0.25) is 0 Å². The van der Waals surface area contributed by atoms with Gasteiger partial charge < -0.3 is 10.1 Å². The Morgan fingerprint density at radius 1 is 1.21 bits per heavy atom. The highest BCUT2D eigenvalue weighted by Gasteiger charge is 2.00. The van der Waals surface area contributed by atoms with Crippen LogP contribution < -0.4 is 5.32 Å². The zero-order valence-electron chi connectivity index (χ0n) is 9.26. The van der Waals surface area contributed by atoms with Gasteiger partial charge in [-0.3, -0.25) is 0 Å². The third kappa shape index (κ3) is 3.13. The molecule has 0 radical (unpaired) electrons. The first kappa shape index (κ1) is 11.2. The second-order valence-corrected chi connectivity index (χ2v) is 3.54. The minimum atomic E-state index is 0.769. The summed E-state index contributed by atoms with van der Waals surface area (Å²) in [6.45, 7) is 6.91. The first-order valence-electron chi connectivity index (χ1n) is 5.00. The van der Waals surface area contributed by atoms with E-state index < -0.39 is 0 Å². The molecule has 1 aromatic rings. The lowest BCUT2D eigenvalue weighted by Crippen LogP contribution is -2.19. The molecule has 0 aromatic heterocycles. The summed E-state index contributed by atoms with van der Waals surface area (Å²) >= 11 is 0. The van der Waals surface area contributed by atoms with Crippen LogP contribution in [0.2, 0.25) is 0 Å². The summed E-state index contributed by atoms with van der Waals surface area (Å²) in [6.07, 6.45) is 0. The topological polar surface area (TPSA) is 21.3 Å². The van der Waals surface area contributed by atoms with Crippen molar-refractivity contribution in [3.8, 4) is 0 Å². The van der Waals surface area contributed by atoms with E-state index in [0.717, 1.165) is 19.7 Å². The Balaban J connectivity index is 2.49. The molecule has 0 aliphatic rings. The molecule has 0 spiro atoms. The Kier molecular flexibility index (Phi) is 4.63. The molecular formula is C12H19NO. The van der Waals surface area contributed by atoms with Gasteiger partial charge in [0.1, 0.15) is 0 Å². The average Bonchev–Trinajstić information content (AvgIpc) is 2.16. The smallest absolute Gasteiger partial charge is 0.0587 e. The van der Waals surface area contributed by atoms with E-state index in [4.69, 9.17) is 4.74 Å². The zero-order chi connectivity index (χ0) is 10.4. The Hall–Kier alpha value is -0.860. The fourth-order valence-corrected chi connectivity index (χ4v) is 1.52. The third-order valence-electron chi connectivity index (χ3n) is 2.43. The molecule has 0 fully saturated rings. The summed E-state index contributed by atoms with van der Waals surface area (Å²) in [5.74, 6) is 0. The number of rotatable bonds is 5. The quantitative estimate of drug-likeness (QED) is 0.723. The van der Waals surface area contributed by atoms with Gasteiger partial charge in [-0.05, 0) is 30.5 Å². The highest BCUT2D eigenvalue weighted by Crippen LogP contribution is 2.12. The van der Waals surface area contributed by atoms with Crippen molar-refractivity contribution in [1.82, 2.24) is 5.32 Å². The van der Waals surface area contributed by atoms with Gasteiger partial charge in [-0.15, -0.1) is 0 Å². The number of ether oxygens (including phenoxy) is 1. The van der Waals surface area contributed by atoms with Gasteiger partial charge >= 0.3 is 0 Å². The number of aryl methyl sites for hydroxylation is 2. The maximum absolute atomic E-state index is 4.98. The van der Waals surface area contributed by atoms with E-state index in [1.807, 2.05) is 0 Å². The summed E-state index contributed by atoms with van der Waals surface area (Å²) in [7, 11) is 1.72. The molecule has 0 heterocycles. The van der Waals surface area contributed by atoms with Crippen molar-refractivity contribution in [2.45, 2.75) is 20.4 Å². The molecule has 1 aromatic carbocycles. The van der Waals surface area contributed by atoms with Crippen LogP contribution in [0.5, 0.6) is 0 Å². The summed E-state index contributed by atoms with van der Waals surface area (Å²) in [5, 5.41) is 3.36. The van der Waals surface area contributed by atoms with E-state index in [1.54, 1.807) is 7.11 Å². The van der Waals surface area contributed by atoms with Crippen molar-refractivity contribution in [1.29, 1.82) is 0 Å².